The van der Waals surface area contributed by atoms with Crippen LogP contribution >= 0.6 is 0 Å². The molecular formula is C11H16N4O2. The van der Waals surface area contributed by atoms with E-state index in [0.717, 1.165) is 18.1 Å². The molecule has 0 bridgehead atoms. The van der Waals surface area contributed by atoms with Crippen molar-refractivity contribution in [3.05, 3.63) is 40.5 Å². The molecule has 0 aliphatic carbocycles. The highest BCUT2D eigenvalue weighted by molar-refractivity contribution is 5.07. The van der Waals surface area contributed by atoms with Gasteiger partial charge in [-0.25, -0.2) is 9.48 Å². The highest BCUT2D eigenvalue weighted by Gasteiger charge is 2.06. The minimum atomic E-state index is -0.144. The van der Waals surface area contributed by atoms with Gasteiger partial charge in [0.1, 0.15) is 24.4 Å². The first-order valence-corrected chi connectivity index (χ1v) is 5.57. The fourth-order valence-electron chi connectivity index (χ4n) is 1.53. The van der Waals surface area contributed by atoms with Gasteiger partial charge in [-0.1, -0.05) is 6.92 Å². The summed E-state index contributed by atoms with van der Waals surface area (Å²) in [5.74, 6) is 1.60. The Bertz CT molecular complexity index is 538. The Morgan fingerprint density at radius 2 is 2.18 bits per heavy atom. The maximum atomic E-state index is 11.6. The monoisotopic (exact) mass is 236 g/mol. The molecule has 6 heteroatoms. The second-order valence-electron chi connectivity index (χ2n) is 3.83. The zero-order valence-electron chi connectivity index (χ0n) is 10.0. The molecule has 0 saturated carbocycles. The second kappa shape index (κ2) is 5.01. The van der Waals surface area contributed by atoms with Gasteiger partial charge in [0.25, 0.3) is 0 Å². The maximum absolute atomic E-state index is 11.6. The van der Waals surface area contributed by atoms with Gasteiger partial charge in [0.2, 0.25) is 0 Å². The highest BCUT2D eigenvalue weighted by atomic mass is 16.3. The lowest BCUT2D eigenvalue weighted by Gasteiger charge is -1.98. The van der Waals surface area contributed by atoms with Crippen molar-refractivity contribution in [3.8, 4) is 0 Å². The normalized spacial score (nSPS) is 10.9. The summed E-state index contributed by atoms with van der Waals surface area (Å²) in [6.07, 6.45) is 1.49. The molecule has 0 fully saturated rings. The molecule has 1 N–H and O–H groups in total. The van der Waals surface area contributed by atoms with Crippen molar-refractivity contribution in [1.82, 2.24) is 19.7 Å². The summed E-state index contributed by atoms with van der Waals surface area (Å²) in [6.45, 7) is 4.01. The largest absolute Gasteiger partial charge is 0.463 e. The van der Waals surface area contributed by atoms with E-state index in [0.29, 0.717) is 13.1 Å². The Balaban J connectivity index is 2.06. The van der Waals surface area contributed by atoms with Crippen LogP contribution < -0.4 is 11.0 Å². The summed E-state index contributed by atoms with van der Waals surface area (Å²) in [5, 5.41) is 7.15. The van der Waals surface area contributed by atoms with Gasteiger partial charge in [-0.2, -0.15) is 5.10 Å². The first kappa shape index (κ1) is 11.7. The van der Waals surface area contributed by atoms with Crippen LogP contribution in [0, 0.1) is 0 Å². The number of hydrogen-bond donors (Lipinski definition) is 1. The van der Waals surface area contributed by atoms with Gasteiger partial charge in [-0.15, -0.1) is 0 Å². The maximum Gasteiger partial charge on any atom is 0.345 e. The Morgan fingerprint density at radius 1 is 1.41 bits per heavy atom. The molecule has 0 amide bonds. The zero-order valence-corrected chi connectivity index (χ0v) is 10.0. The van der Waals surface area contributed by atoms with Crippen LogP contribution in [-0.2, 0) is 20.1 Å². The first-order chi connectivity index (χ1) is 8.20. The van der Waals surface area contributed by atoms with Crippen molar-refractivity contribution in [3.63, 3.8) is 0 Å². The van der Waals surface area contributed by atoms with E-state index in [4.69, 9.17) is 4.42 Å². The average molecular weight is 236 g/mol. The lowest BCUT2D eigenvalue weighted by atomic mass is 10.4. The highest BCUT2D eigenvalue weighted by Crippen LogP contribution is 2.08. The molecule has 0 aliphatic heterocycles. The molecule has 0 saturated heterocycles. The van der Waals surface area contributed by atoms with Crippen LogP contribution in [0.2, 0.25) is 0 Å². The molecule has 2 aromatic heterocycles. The van der Waals surface area contributed by atoms with Crippen LogP contribution in [0.4, 0.5) is 0 Å². The topological polar surface area (TPSA) is 65.0 Å². The molecule has 0 spiro atoms. The summed E-state index contributed by atoms with van der Waals surface area (Å²) in [7, 11) is 1.67. The molecule has 17 heavy (non-hydrogen) atoms. The molecule has 2 heterocycles. The van der Waals surface area contributed by atoms with Crippen LogP contribution in [0.5, 0.6) is 0 Å². The summed E-state index contributed by atoms with van der Waals surface area (Å²) >= 11 is 0. The van der Waals surface area contributed by atoms with Gasteiger partial charge in [0, 0.05) is 7.05 Å². The number of nitrogens with zero attached hydrogens (tertiary/aromatic N) is 3. The van der Waals surface area contributed by atoms with Crippen LogP contribution in [0.3, 0.4) is 0 Å². The molecule has 2 rings (SSSR count). The van der Waals surface area contributed by atoms with E-state index in [9.17, 15) is 4.79 Å². The van der Waals surface area contributed by atoms with Crippen molar-refractivity contribution in [2.24, 2.45) is 7.05 Å². The van der Waals surface area contributed by atoms with E-state index in [1.807, 2.05) is 19.1 Å². The third-order valence-corrected chi connectivity index (χ3v) is 2.46. The van der Waals surface area contributed by atoms with Crippen LogP contribution in [0.25, 0.3) is 0 Å². The number of hydrogen-bond acceptors (Lipinski definition) is 4. The van der Waals surface area contributed by atoms with Crippen LogP contribution in [-0.4, -0.2) is 20.9 Å². The minimum absolute atomic E-state index is 0.144. The van der Waals surface area contributed by atoms with Crippen LogP contribution in [0.1, 0.15) is 18.4 Å². The average Bonchev–Trinajstić information content (AvgIpc) is 2.89. The quantitative estimate of drug-likeness (QED) is 0.812. The third-order valence-electron chi connectivity index (χ3n) is 2.46. The molecule has 92 valence electrons. The van der Waals surface area contributed by atoms with Crippen molar-refractivity contribution >= 4 is 0 Å². The molecule has 0 atom stereocenters. The van der Waals surface area contributed by atoms with Crippen molar-refractivity contribution in [2.45, 2.75) is 20.0 Å². The van der Waals surface area contributed by atoms with Crippen molar-refractivity contribution < 1.29 is 4.42 Å². The van der Waals surface area contributed by atoms with E-state index in [1.165, 1.54) is 15.6 Å². The van der Waals surface area contributed by atoms with E-state index >= 15 is 0 Å². The van der Waals surface area contributed by atoms with E-state index in [-0.39, 0.29) is 5.69 Å². The van der Waals surface area contributed by atoms with Crippen LogP contribution in [0.15, 0.2) is 27.7 Å². The molecular weight excluding hydrogens is 220 g/mol. The predicted molar refractivity (Wildman–Crippen MR) is 62.7 cm³/mol. The van der Waals surface area contributed by atoms with Gasteiger partial charge >= 0.3 is 5.69 Å². The lowest BCUT2D eigenvalue weighted by Crippen LogP contribution is -2.23. The smallest absolute Gasteiger partial charge is 0.345 e. The first-order valence-electron chi connectivity index (χ1n) is 5.57. The third kappa shape index (κ3) is 2.65. The van der Waals surface area contributed by atoms with Gasteiger partial charge in [0.15, 0.2) is 0 Å². The number of nitrogens with one attached hydrogen (secondary N) is 1. The molecule has 6 nitrogen and oxygen atoms in total. The molecule has 0 unspecified atom stereocenters. The zero-order chi connectivity index (χ0) is 12.3. The predicted octanol–water partition coefficient (Wildman–Crippen LogP) is 0.333. The SMILES string of the molecule is CCNCc1ccc(Cn2ncn(C)c2=O)o1. The van der Waals surface area contributed by atoms with E-state index in [2.05, 4.69) is 10.4 Å². The Morgan fingerprint density at radius 3 is 2.82 bits per heavy atom. The Hall–Kier alpha value is -1.82. The van der Waals surface area contributed by atoms with Gasteiger partial charge in [0.05, 0.1) is 6.54 Å². The van der Waals surface area contributed by atoms with Crippen molar-refractivity contribution in [2.75, 3.05) is 6.54 Å². The number of furan rings is 1. The number of aryl methyl sites for hydroxylation is 1. The number of rotatable bonds is 5. The fourth-order valence-corrected chi connectivity index (χ4v) is 1.53. The summed E-state index contributed by atoms with van der Waals surface area (Å²) < 4.78 is 8.39. The molecule has 2 aromatic rings. The van der Waals surface area contributed by atoms with Gasteiger partial charge in [-0.05, 0) is 18.7 Å². The number of aromatic nitrogens is 3. The second-order valence-corrected chi connectivity index (χ2v) is 3.83. The summed E-state index contributed by atoms with van der Waals surface area (Å²) in [5.41, 5.74) is -0.144. The standard InChI is InChI=1S/C11H16N4O2/c1-3-12-6-9-4-5-10(17-9)7-15-11(16)14(2)8-13-15/h4-5,8,12H,3,6-7H2,1-2H3. The molecule has 0 aliphatic rings. The Kier molecular flexibility index (Phi) is 3.43. The molecule has 0 radical (unpaired) electrons. The molecule has 0 aromatic carbocycles. The van der Waals surface area contributed by atoms with E-state index < -0.39 is 0 Å². The van der Waals surface area contributed by atoms with E-state index in [1.54, 1.807) is 7.05 Å². The van der Waals surface area contributed by atoms with Gasteiger partial charge < -0.3 is 9.73 Å². The lowest BCUT2D eigenvalue weighted by molar-refractivity contribution is 0.429. The van der Waals surface area contributed by atoms with Crippen molar-refractivity contribution in [1.29, 1.82) is 0 Å². The van der Waals surface area contributed by atoms with Gasteiger partial charge in [-0.3, -0.25) is 4.57 Å². The minimum Gasteiger partial charge on any atom is -0.463 e. The summed E-state index contributed by atoms with van der Waals surface area (Å²) in [6, 6.07) is 3.78. The fraction of sp³-hybridized carbons (Fsp3) is 0.455. The summed E-state index contributed by atoms with van der Waals surface area (Å²) in [4.78, 5) is 11.6. The Labute approximate surface area is 98.9 Å².